The van der Waals surface area contributed by atoms with Crippen molar-refractivity contribution in [1.82, 2.24) is 9.88 Å². The van der Waals surface area contributed by atoms with E-state index < -0.39 is 0 Å². The Hall–Kier alpha value is -1.83. The number of benzene rings is 1. The third-order valence-corrected chi connectivity index (χ3v) is 5.17. The fourth-order valence-corrected chi connectivity index (χ4v) is 4.07. The number of anilines is 1. The van der Waals surface area contributed by atoms with E-state index in [4.69, 9.17) is 0 Å². The lowest BCUT2D eigenvalue weighted by molar-refractivity contribution is 0.387. The zero-order valence-electron chi connectivity index (χ0n) is 12.6. The Morgan fingerprint density at radius 2 is 1.82 bits per heavy atom. The maximum absolute atomic E-state index is 4.66. The van der Waals surface area contributed by atoms with Crippen molar-refractivity contribution in [2.24, 2.45) is 11.8 Å². The van der Waals surface area contributed by atoms with E-state index in [9.17, 15) is 0 Å². The Morgan fingerprint density at radius 3 is 2.55 bits per heavy atom. The highest BCUT2D eigenvalue weighted by molar-refractivity contribution is 7.10. The van der Waals surface area contributed by atoms with Gasteiger partial charge in [-0.1, -0.05) is 24.1 Å². The summed E-state index contributed by atoms with van der Waals surface area (Å²) in [4.78, 5) is 9.48. The van der Waals surface area contributed by atoms with Crippen LogP contribution in [0.4, 0.5) is 5.82 Å². The molecule has 4 heteroatoms. The Labute approximate surface area is 135 Å². The quantitative estimate of drug-likeness (QED) is 0.754. The molecule has 111 valence electrons. The van der Waals surface area contributed by atoms with Crippen molar-refractivity contribution in [2.75, 3.05) is 38.1 Å². The summed E-state index contributed by atoms with van der Waals surface area (Å²) in [5.41, 5.74) is 1.03. The molecule has 2 atom stereocenters. The van der Waals surface area contributed by atoms with Crippen molar-refractivity contribution in [3.05, 3.63) is 46.3 Å². The van der Waals surface area contributed by atoms with Crippen LogP contribution in [0.15, 0.2) is 30.3 Å². The van der Waals surface area contributed by atoms with E-state index in [1.54, 1.807) is 0 Å². The van der Waals surface area contributed by atoms with Crippen LogP contribution < -0.4 is 4.90 Å². The highest BCUT2D eigenvalue weighted by atomic mass is 32.1. The molecular weight excluding hydrogens is 290 g/mol. The molecule has 1 aromatic carbocycles. The molecule has 0 amide bonds. The van der Waals surface area contributed by atoms with Gasteiger partial charge < -0.3 is 9.80 Å². The molecule has 0 bridgehead atoms. The largest absolute Gasteiger partial charge is 0.355 e. The summed E-state index contributed by atoms with van der Waals surface area (Å²) < 4.78 is 0. The van der Waals surface area contributed by atoms with Gasteiger partial charge in [0.15, 0.2) is 5.01 Å². The second kappa shape index (κ2) is 5.75. The maximum Gasteiger partial charge on any atom is 0.170 e. The van der Waals surface area contributed by atoms with Gasteiger partial charge in [0.2, 0.25) is 0 Å². The molecule has 2 saturated heterocycles. The molecule has 2 unspecified atom stereocenters. The summed E-state index contributed by atoms with van der Waals surface area (Å²) in [7, 11) is 2.22. The van der Waals surface area contributed by atoms with E-state index in [-0.39, 0.29) is 0 Å². The molecule has 3 nitrogen and oxygen atoms in total. The van der Waals surface area contributed by atoms with E-state index in [0.29, 0.717) is 0 Å². The third-order valence-electron chi connectivity index (χ3n) is 4.50. The smallest absolute Gasteiger partial charge is 0.170 e. The molecule has 3 heterocycles. The summed E-state index contributed by atoms with van der Waals surface area (Å²) in [5.74, 6) is 8.88. The summed E-state index contributed by atoms with van der Waals surface area (Å²) in [6, 6.07) is 10.0. The lowest BCUT2D eigenvalue weighted by atomic mass is 10.0. The van der Waals surface area contributed by atoms with Crippen molar-refractivity contribution in [3.8, 4) is 11.8 Å². The van der Waals surface area contributed by atoms with Crippen LogP contribution in [-0.2, 0) is 0 Å². The minimum Gasteiger partial charge on any atom is -0.355 e. The second-order valence-electron chi connectivity index (χ2n) is 6.21. The van der Waals surface area contributed by atoms with Gasteiger partial charge in [-0.3, -0.25) is 0 Å². The van der Waals surface area contributed by atoms with Gasteiger partial charge in [0.25, 0.3) is 0 Å². The van der Waals surface area contributed by atoms with Crippen LogP contribution in [0.25, 0.3) is 0 Å². The standard InChI is InChI=1S/C18H18N3S/c1-20-9-15-11-21(12-16(15)10-20)17-13-22-18(19-17)8-7-14-5-3-2-4-6-14/h2-6,15-16H,9-12H2,1H3. The van der Waals surface area contributed by atoms with Gasteiger partial charge >= 0.3 is 0 Å². The summed E-state index contributed by atoms with van der Waals surface area (Å²) in [6.07, 6.45) is 0. The lowest BCUT2D eigenvalue weighted by Gasteiger charge is -2.18. The van der Waals surface area contributed by atoms with E-state index in [1.165, 1.54) is 24.4 Å². The van der Waals surface area contributed by atoms with Crippen LogP contribution in [0.1, 0.15) is 10.6 Å². The SMILES string of the molecule is CN1CC2CN(c3[c]sc(C#Cc4ccccc4)n3)CC2C1. The first-order chi connectivity index (χ1) is 10.8. The minimum absolute atomic E-state index is 0.791. The molecule has 4 rings (SSSR count). The van der Waals surface area contributed by atoms with Crippen molar-refractivity contribution in [2.45, 2.75) is 0 Å². The fraction of sp³-hybridized carbons (Fsp3) is 0.389. The number of rotatable bonds is 1. The van der Waals surface area contributed by atoms with Crippen molar-refractivity contribution < 1.29 is 0 Å². The molecule has 2 aliphatic heterocycles. The number of nitrogens with zero attached hydrogens (tertiary/aromatic N) is 3. The number of likely N-dealkylation sites (tertiary alicyclic amines) is 1. The van der Waals surface area contributed by atoms with Crippen LogP contribution >= 0.6 is 11.3 Å². The number of hydrogen-bond acceptors (Lipinski definition) is 4. The normalized spacial score (nSPS) is 24.1. The Balaban J connectivity index is 1.46. The Bertz CT molecular complexity index is 699. The molecule has 22 heavy (non-hydrogen) atoms. The summed E-state index contributed by atoms with van der Waals surface area (Å²) in [6.45, 7) is 4.65. The molecule has 2 fully saturated rings. The van der Waals surface area contributed by atoms with Gasteiger partial charge in [-0.25, -0.2) is 4.98 Å². The maximum atomic E-state index is 4.66. The first-order valence-corrected chi connectivity index (χ1v) is 8.48. The molecule has 1 aromatic heterocycles. The lowest BCUT2D eigenvalue weighted by Crippen LogP contribution is -2.26. The second-order valence-corrected chi connectivity index (χ2v) is 7.00. The average Bonchev–Trinajstić information content (AvgIpc) is 3.20. The van der Waals surface area contributed by atoms with Crippen LogP contribution in [-0.4, -0.2) is 43.1 Å². The highest BCUT2D eigenvalue weighted by Gasteiger charge is 2.39. The number of aromatic nitrogens is 1. The fourth-order valence-electron chi connectivity index (χ4n) is 3.47. The van der Waals surface area contributed by atoms with Gasteiger partial charge in [-0.15, -0.1) is 11.3 Å². The van der Waals surface area contributed by atoms with Gasteiger partial charge in [0.05, 0.1) is 5.38 Å². The van der Waals surface area contributed by atoms with E-state index in [1.807, 2.05) is 30.3 Å². The molecular formula is C18H18N3S. The molecule has 0 N–H and O–H groups in total. The molecule has 0 aliphatic carbocycles. The number of thiazole rings is 1. The molecule has 2 aliphatic rings. The molecule has 2 aromatic rings. The predicted molar refractivity (Wildman–Crippen MR) is 90.1 cm³/mol. The average molecular weight is 308 g/mol. The summed E-state index contributed by atoms with van der Waals surface area (Å²) in [5, 5.41) is 4.18. The Kier molecular flexibility index (Phi) is 3.61. The van der Waals surface area contributed by atoms with Gasteiger partial charge in [0, 0.05) is 31.7 Å². The molecule has 0 saturated carbocycles. The Morgan fingerprint density at radius 1 is 1.09 bits per heavy atom. The predicted octanol–water partition coefficient (Wildman–Crippen LogP) is 2.34. The zero-order chi connectivity index (χ0) is 14.9. The first-order valence-electron chi connectivity index (χ1n) is 7.67. The third kappa shape index (κ3) is 2.75. The van der Waals surface area contributed by atoms with E-state index in [2.05, 4.69) is 39.1 Å². The van der Waals surface area contributed by atoms with Crippen molar-refractivity contribution >= 4 is 17.2 Å². The van der Waals surface area contributed by atoms with Gasteiger partial charge in [-0.2, -0.15) is 0 Å². The molecule has 0 spiro atoms. The van der Waals surface area contributed by atoms with Crippen LogP contribution in [0.2, 0.25) is 0 Å². The monoisotopic (exact) mass is 308 g/mol. The highest BCUT2D eigenvalue weighted by Crippen LogP contribution is 2.33. The van der Waals surface area contributed by atoms with Gasteiger partial charge in [0.1, 0.15) is 5.82 Å². The van der Waals surface area contributed by atoms with Crippen molar-refractivity contribution in [3.63, 3.8) is 0 Å². The van der Waals surface area contributed by atoms with Crippen LogP contribution in [0.3, 0.4) is 0 Å². The van der Waals surface area contributed by atoms with Crippen molar-refractivity contribution in [1.29, 1.82) is 0 Å². The topological polar surface area (TPSA) is 19.4 Å². The number of hydrogen-bond donors (Lipinski definition) is 0. The summed E-state index contributed by atoms with van der Waals surface area (Å²) >= 11 is 1.52. The van der Waals surface area contributed by atoms with Crippen LogP contribution in [0.5, 0.6) is 0 Å². The van der Waals surface area contributed by atoms with Crippen LogP contribution in [0, 0.1) is 29.1 Å². The van der Waals surface area contributed by atoms with Gasteiger partial charge in [-0.05, 0) is 36.9 Å². The number of fused-ring (bicyclic) bond motifs is 1. The molecule has 1 radical (unpaired) electrons. The minimum atomic E-state index is 0.791. The first kappa shape index (κ1) is 13.8. The van der Waals surface area contributed by atoms with E-state index in [0.717, 1.165) is 41.3 Å². The zero-order valence-corrected chi connectivity index (χ0v) is 13.4. The van der Waals surface area contributed by atoms with E-state index >= 15 is 0 Å².